The topological polar surface area (TPSA) is 57.3 Å². The fourth-order valence-corrected chi connectivity index (χ4v) is 3.62. The van der Waals surface area contributed by atoms with Crippen molar-refractivity contribution in [3.05, 3.63) is 46.2 Å². The van der Waals surface area contributed by atoms with Crippen LogP contribution < -0.4 is 15.5 Å². The van der Waals surface area contributed by atoms with E-state index in [0.717, 1.165) is 29.3 Å². The Balaban J connectivity index is 1.51. The highest BCUT2D eigenvalue weighted by Gasteiger charge is 2.23. The summed E-state index contributed by atoms with van der Waals surface area (Å²) in [5.74, 6) is -0.221. The van der Waals surface area contributed by atoms with Gasteiger partial charge in [-0.15, -0.1) is 11.3 Å². The zero-order valence-electron chi connectivity index (χ0n) is 13.6. The maximum Gasteiger partial charge on any atom is 0.315 e. The number of aromatic nitrogens is 1. The van der Waals surface area contributed by atoms with E-state index in [-0.39, 0.29) is 17.9 Å². The Bertz CT molecular complexity index is 705. The molecule has 1 aliphatic heterocycles. The van der Waals surface area contributed by atoms with Crippen molar-refractivity contribution >= 4 is 23.1 Å². The third-order valence-electron chi connectivity index (χ3n) is 4.02. The number of anilines is 1. The molecule has 7 heteroatoms. The van der Waals surface area contributed by atoms with Gasteiger partial charge < -0.3 is 15.5 Å². The van der Waals surface area contributed by atoms with E-state index in [9.17, 15) is 9.18 Å². The van der Waals surface area contributed by atoms with Crippen LogP contribution in [0, 0.1) is 12.7 Å². The largest absolute Gasteiger partial charge is 0.367 e. The average Bonchev–Trinajstić information content (AvgIpc) is 2.99. The first-order valence-electron chi connectivity index (χ1n) is 8.07. The maximum absolute atomic E-state index is 13.9. The van der Waals surface area contributed by atoms with E-state index >= 15 is 0 Å². The van der Waals surface area contributed by atoms with Gasteiger partial charge in [-0.1, -0.05) is 12.1 Å². The lowest BCUT2D eigenvalue weighted by molar-refractivity contribution is 0.234. The third kappa shape index (κ3) is 4.23. The summed E-state index contributed by atoms with van der Waals surface area (Å²) in [5, 5.41) is 6.70. The molecular weight excluding hydrogens is 327 g/mol. The Morgan fingerprint density at radius 1 is 1.46 bits per heavy atom. The molecule has 1 aliphatic rings. The highest BCUT2D eigenvalue weighted by molar-refractivity contribution is 7.11. The van der Waals surface area contributed by atoms with Crippen LogP contribution in [0.3, 0.4) is 0 Å². The van der Waals surface area contributed by atoms with Crippen LogP contribution in [0.5, 0.6) is 0 Å². The number of nitrogens with one attached hydrogen (secondary N) is 2. The molecule has 2 N–H and O–H groups in total. The molecule has 2 heterocycles. The highest BCUT2D eigenvalue weighted by Crippen LogP contribution is 2.22. The number of urea groups is 1. The number of halogens is 1. The van der Waals surface area contributed by atoms with Crippen molar-refractivity contribution in [2.75, 3.05) is 18.0 Å². The summed E-state index contributed by atoms with van der Waals surface area (Å²) in [6.07, 6.45) is 3.62. The predicted octanol–water partition coefficient (Wildman–Crippen LogP) is 3.06. The van der Waals surface area contributed by atoms with Gasteiger partial charge in [0.1, 0.15) is 10.8 Å². The van der Waals surface area contributed by atoms with Gasteiger partial charge in [-0.05, 0) is 31.9 Å². The monoisotopic (exact) mass is 348 g/mol. The van der Waals surface area contributed by atoms with Crippen LogP contribution in [0.4, 0.5) is 14.9 Å². The lowest BCUT2D eigenvalue weighted by Crippen LogP contribution is -2.50. The number of nitrogens with zero attached hydrogens (tertiary/aromatic N) is 2. The molecule has 128 valence electrons. The highest BCUT2D eigenvalue weighted by atomic mass is 32.1. The van der Waals surface area contributed by atoms with Crippen molar-refractivity contribution in [3.63, 3.8) is 0 Å². The van der Waals surface area contributed by atoms with Gasteiger partial charge in [-0.3, -0.25) is 0 Å². The van der Waals surface area contributed by atoms with Gasteiger partial charge in [0, 0.05) is 30.2 Å². The molecule has 0 spiro atoms. The molecule has 2 amide bonds. The van der Waals surface area contributed by atoms with Crippen LogP contribution in [0.15, 0.2) is 30.5 Å². The number of benzene rings is 1. The molecular formula is C17H21FN4OS. The third-order valence-corrected chi connectivity index (χ3v) is 4.93. The summed E-state index contributed by atoms with van der Waals surface area (Å²) >= 11 is 1.57. The van der Waals surface area contributed by atoms with Crippen molar-refractivity contribution in [2.24, 2.45) is 0 Å². The fraction of sp³-hybridized carbons (Fsp3) is 0.412. The van der Waals surface area contributed by atoms with Gasteiger partial charge in [0.25, 0.3) is 0 Å². The van der Waals surface area contributed by atoms with Crippen LogP contribution in [0.2, 0.25) is 0 Å². The van der Waals surface area contributed by atoms with E-state index in [1.807, 2.05) is 17.9 Å². The Hall–Kier alpha value is -2.15. The van der Waals surface area contributed by atoms with E-state index in [1.54, 1.807) is 29.7 Å². The van der Waals surface area contributed by atoms with Crippen molar-refractivity contribution in [1.29, 1.82) is 0 Å². The molecule has 1 atom stereocenters. The second-order valence-electron chi connectivity index (χ2n) is 5.93. The van der Waals surface area contributed by atoms with Gasteiger partial charge >= 0.3 is 6.03 Å². The average molecular weight is 348 g/mol. The van der Waals surface area contributed by atoms with Crippen molar-refractivity contribution in [2.45, 2.75) is 32.4 Å². The number of aryl methyl sites for hydroxylation is 1. The molecule has 0 aliphatic carbocycles. The van der Waals surface area contributed by atoms with E-state index in [2.05, 4.69) is 15.6 Å². The molecule has 5 nitrogen and oxygen atoms in total. The number of amides is 2. The van der Waals surface area contributed by atoms with Gasteiger partial charge in [-0.2, -0.15) is 0 Å². The minimum atomic E-state index is -0.221. The van der Waals surface area contributed by atoms with E-state index in [0.29, 0.717) is 18.8 Å². The Morgan fingerprint density at radius 2 is 2.29 bits per heavy atom. The summed E-state index contributed by atoms with van der Waals surface area (Å²) in [6.45, 7) is 3.83. The molecule has 3 rings (SSSR count). The number of rotatable bonds is 4. The van der Waals surface area contributed by atoms with Crippen LogP contribution in [0.25, 0.3) is 0 Å². The lowest BCUT2D eigenvalue weighted by Gasteiger charge is -2.34. The minimum Gasteiger partial charge on any atom is -0.367 e. The van der Waals surface area contributed by atoms with Crippen LogP contribution in [-0.2, 0) is 6.54 Å². The standard InChI is InChI=1S/C17H21FN4OS/c1-12-9-19-16(24-12)10-20-17(23)21-13-5-4-8-22(11-13)15-7-3-2-6-14(15)18/h2-3,6-7,9,13H,4-5,8,10-11H2,1H3,(H2,20,21,23)/t13-/m1/s1. The molecule has 1 aromatic carbocycles. The molecule has 1 aromatic heterocycles. The Kier molecular flexibility index (Phi) is 5.30. The van der Waals surface area contributed by atoms with Crippen LogP contribution >= 0.6 is 11.3 Å². The fourth-order valence-electron chi connectivity index (χ4n) is 2.90. The quantitative estimate of drug-likeness (QED) is 0.893. The number of carbonyl (C=O) groups is 1. The van der Waals surface area contributed by atoms with E-state index < -0.39 is 0 Å². The first kappa shape index (κ1) is 16.7. The molecule has 0 saturated carbocycles. The Labute approximate surface area is 144 Å². The lowest BCUT2D eigenvalue weighted by atomic mass is 10.0. The second kappa shape index (κ2) is 7.61. The van der Waals surface area contributed by atoms with Gasteiger partial charge in [0.05, 0.1) is 12.2 Å². The Morgan fingerprint density at radius 3 is 3.04 bits per heavy atom. The second-order valence-corrected chi connectivity index (χ2v) is 7.25. The number of piperidine rings is 1. The maximum atomic E-state index is 13.9. The molecule has 0 unspecified atom stereocenters. The number of carbonyl (C=O) groups excluding carboxylic acids is 1. The molecule has 2 aromatic rings. The van der Waals surface area contributed by atoms with Gasteiger partial charge in [0.15, 0.2) is 0 Å². The molecule has 1 fully saturated rings. The predicted molar refractivity (Wildman–Crippen MR) is 93.9 cm³/mol. The summed E-state index contributed by atoms with van der Waals surface area (Å²) < 4.78 is 13.9. The van der Waals surface area contributed by atoms with Crippen LogP contribution in [-0.4, -0.2) is 30.1 Å². The molecule has 0 bridgehead atoms. The summed E-state index contributed by atoms with van der Waals surface area (Å²) in [5.41, 5.74) is 0.600. The number of para-hydroxylation sites is 1. The summed E-state index contributed by atoms with van der Waals surface area (Å²) in [4.78, 5) is 19.4. The van der Waals surface area contributed by atoms with Crippen molar-refractivity contribution < 1.29 is 9.18 Å². The van der Waals surface area contributed by atoms with Gasteiger partial charge in [-0.25, -0.2) is 14.2 Å². The number of hydrogen-bond donors (Lipinski definition) is 2. The normalized spacial score (nSPS) is 17.6. The summed E-state index contributed by atoms with van der Waals surface area (Å²) in [7, 11) is 0. The SMILES string of the molecule is Cc1cnc(CNC(=O)N[C@@H]2CCCN(c3ccccc3F)C2)s1. The number of thiazole rings is 1. The van der Waals surface area contributed by atoms with Crippen LogP contribution in [0.1, 0.15) is 22.7 Å². The van der Waals surface area contributed by atoms with Gasteiger partial charge in [0.2, 0.25) is 0 Å². The molecule has 24 heavy (non-hydrogen) atoms. The molecule has 0 radical (unpaired) electrons. The minimum absolute atomic E-state index is 0.0105. The van der Waals surface area contributed by atoms with Crippen molar-refractivity contribution in [3.8, 4) is 0 Å². The molecule has 1 saturated heterocycles. The van der Waals surface area contributed by atoms with E-state index in [4.69, 9.17) is 0 Å². The zero-order valence-corrected chi connectivity index (χ0v) is 14.4. The van der Waals surface area contributed by atoms with Crippen molar-refractivity contribution in [1.82, 2.24) is 15.6 Å². The first-order chi connectivity index (χ1) is 11.6. The first-order valence-corrected chi connectivity index (χ1v) is 8.88. The van der Waals surface area contributed by atoms with E-state index in [1.165, 1.54) is 6.07 Å². The zero-order chi connectivity index (χ0) is 16.9. The summed E-state index contributed by atoms with van der Waals surface area (Å²) in [6, 6.07) is 6.57. The number of hydrogen-bond acceptors (Lipinski definition) is 4. The smallest absolute Gasteiger partial charge is 0.315 e.